The van der Waals surface area contributed by atoms with Gasteiger partial charge in [0.05, 0.1) is 7.11 Å². The Hall–Kier alpha value is -2.00. The fourth-order valence-corrected chi connectivity index (χ4v) is 2.13. The summed E-state index contributed by atoms with van der Waals surface area (Å²) in [5, 5.41) is 3.46. The van der Waals surface area contributed by atoms with Crippen LogP contribution in [-0.2, 0) is 12.8 Å². The Morgan fingerprint density at radius 2 is 1.65 bits per heavy atom. The van der Waals surface area contributed by atoms with Gasteiger partial charge in [-0.3, -0.25) is 0 Å². The zero-order chi connectivity index (χ0) is 14.2. The van der Waals surface area contributed by atoms with Crippen molar-refractivity contribution in [3.63, 3.8) is 0 Å². The van der Waals surface area contributed by atoms with Crippen LogP contribution in [-0.4, -0.2) is 20.2 Å². The fourth-order valence-electron chi connectivity index (χ4n) is 2.13. The summed E-state index contributed by atoms with van der Waals surface area (Å²) in [5.41, 5.74) is 9.19. The third kappa shape index (κ3) is 4.59. The van der Waals surface area contributed by atoms with Crippen molar-refractivity contribution in [3.05, 3.63) is 59.7 Å². The molecule has 0 bridgehead atoms. The number of rotatable bonds is 7. The van der Waals surface area contributed by atoms with Crippen molar-refractivity contribution in [2.24, 2.45) is 0 Å². The van der Waals surface area contributed by atoms with E-state index in [4.69, 9.17) is 10.5 Å². The summed E-state index contributed by atoms with van der Waals surface area (Å²) in [6.45, 7) is 1.95. The van der Waals surface area contributed by atoms with Gasteiger partial charge in [-0.05, 0) is 61.3 Å². The molecule has 20 heavy (non-hydrogen) atoms. The van der Waals surface area contributed by atoms with Crippen molar-refractivity contribution >= 4 is 5.69 Å². The molecule has 0 aliphatic rings. The van der Waals surface area contributed by atoms with Crippen molar-refractivity contribution in [3.8, 4) is 5.75 Å². The van der Waals surface area contributed by atoms with Crippen LogP contribution in [0, 0.1) is 0 Å². The van der Waals surface area contributed by atoms with E-state index in [1.54, 1.807) is 7.11 Å². The molecule has 2 rings (SSSR count). The highest BCUT2D eigenvalue weighted by molar-refractivity contribution is 5.40. The van der Waals surface area contributed by atoms with Gasteiger partial charge in [-0.1, -0.05) is 24.3 Å². The van der Waals surface area contributed by atoms with Crippen LogP contribution in [0.3, 0.4) is 0 Å². The molecule has 0 saturated carbocycles. The van der Waals surface area contributed by atoms with Gasteiger partial charge in [0.15, 0.2) is 0 Å². The van der Waals surface area contributed by atoms with E-state index in [1.807, 2.05) is 30.3 Å². The minimum absolute atomic E-state index is 0.834. The molecule has 0 aliphatic heterocycles. The summed E-state index contributed by atoms with van der Waals surface area (Å²) in [6.07, 6.45) is 2.04. The molecule has 106 valence electrons. The van der Waals surface area contributed by atoms with Crippen LogP contribution < -0.4 is 15.8 Å². The summed E-state index contributed by atoms with van der Waals surface area (Å²) >= 11 is 0. The van der Waals surface area contributed by atoms with Crippen LogP contribution in [0.5, 0.6) is 5.75 Å². The second-order valence-electron chi connectivity index (χ2n) is 4.84. The second-order valence-corrected chi connectivity index (χ2v) is 4.84. The van der Waals surface area contributed by atoms with Crippen LogP contribution >= 0.6 is 0 Å². The third-order valence-electron chi connectivity index (χ3n) is 3.29. The molecule has 0 aliphatic carbocycles. The smallest absolute Gasteiger partial charge is 0.118 e. The number of nitrogens with two attached hydrogens (primary N) is 1. The molecular weight excluding hydrogens is 248 g/mol. The van der Waals surface area contributed by atoms with Crippen LogP contribution in [0.25, 0.3) is 0 Å². The summed E-state index contributed by atoms with van der Waals surface area (Å²) in [6, 6.07) is 16.3. The molecule has 0 amide bonds. The number of ether oxygens (including phenoxy) is 1. The largest absolute Gasteiger partial charge is 0.497 e. The Kier molecular flexibility index (Phi) is 5.44. The Morgan fingerprint density at radius 1 is 0.950 bits per heavy atom. The van der Waals surface area contributed by atoms with Crippen LogP contribution in [0.15, 0.2) is 48.5 Å². The first-order valence-electron chi connectivity index (χ1n) is 6.96. The molecule has 0 atom stereocenters. The molecule has 0 fully saturated rings. The molecule has 0 heterocycles. The molecule has 0 saturated heterocycles. The topological polar surface area (TPSA) is 47.3 Å². The first-order chi connectivity index (χ1) is 9.78. The summed E-state index contributed by atoms with van der Waals surface area (Å²) < 4.78 is 5.14. The number of anilines is 1. The lowest BCUT2D eigenvalue weighted by Gasteiger charge is -2.06. The zero-order valence-electron chi connectivity index (χ0n) is 11.9. The van der Waals surface area contributed by atoms with Gasteiger partial charge in [-0.25, -0.2) is 0 Å². The van der Waals surface area contributed by atoms with Gasteiger partial charge < -0.3 is 15.8 Å². The van der Waals surface area contributed by atoms with E-state index in [9.17, 15) is 0 Å². The predicted octanol–water partition coefficient (Wildman–Crippen LogP) is 2.65. The Bertz CT molecular complexity index is 523. The van der Waals surface area contributed by atoms with Crippen molar-refractivity contribution in [1.29, 1.82) is 0 Å². The lowest BCUT2D eigenvalue weighted by Crippen LogP contribution is -2.20. The van der Waals surface area contributed by atoms with Crippen molar-refractivity contribution in [2.75, 3.05) is 25.9 Å². The lowest BCUT2D eigenvalue weighted by atomic mass is 10.1. The van der Waals surface area contributed by atoms with E-state index < -0.39 is 0 Å². The summed E-state index contributed by atoms with van der Waals surface area (Å²) in [4.78, 5) is 0. The first-order valence-corrected chi connectivity index (χ1v) is 6.96. The number of benzene rings is 2. The number of hydrogen-bond acceptors (Lipinski definition) is 3. The Morgan fingerprint density at radius 3 is 2.30 bits per heavy atom. The molecule has 2 aromatic carbocycles. The van der Waals surface area contributed by atoms with Crippen LogP contribution in [0.1, 0.15) is 11.1 Å². The second kappa shape index (κ2) is 7.56. The van der Waals surface area contributed by atoms with Gasteiger partial charge in [-0.15, -0.1) is 0 Å². The molecule has 0 radical (unpaired) electrons. The van der Waals surface area contributed by atoms with Gasteiger partial charge in [-0.2, -0.15) is 0 Å². The zero-order valence-corrected chi connectivity index (χ0v) is 11.9. The Labute approximate surface area is 120 Å². The molecule has 0 unspecified atom stereocenters. The molecule has 0 spiro atoms. The average Bonchev–Trinajstić information content (AvgIpc) is 2.48. The first kappa shape index (κ1) is 14.4. The van der Waals surface area contributed by atoms with E-state index in [2.05, 4.69) is 23.5 Å². The summed E-state index contributed by atoms with van der Waals surface area (Å²) in [5.74, 6) is 0.906. The maximum Gasteiger partial charge on any atom is 0.118 e. The number of hydrogen-bond donors (Lipinski definition) is 2. The van der Waals surface area contributed by atoms with Gasteiger partial charge in [0.1, 0.15) is 5.75 Å². The standard InChI is InChI=1S/C17H22N2O/c1-20-17-7-5-14(6-8-17)9-11-19-12-10-15-3-2-4-16(18)13-15/h2-8,13,19H,9-12,18H2,1H3. The SMILES string of the molecule is COc1ccc(CCNCCc2cccc(N)c2)cc1. The van der Waals surface area contributed by atoms with Crippen molar-refractivity contribution in [1.82, 2.24) is 5.32 Å². The quantitative estimate of drug-likeness (QED) is 0.600. The van der Waals surface area contributed by atoms with E-state index in [1.165, 1.54) is 11.1 Å². The average molecular weight is 270 g/mol. The van der Waals surface area contributed by atoms with E-state index in [0.29, 0.717) is 0 Å². The highest BCUT2D eigenvalue weighted by atomic mass is 16.5. The van der Waals surface area contributed by atoms with E-state index in [-0.39, 0.29) is 0 Å². The molecule has 3 heteroatoms. The van der Waals surface area contributed by atoms with Gasteiger partial charge in [0, 0.05) is 5.69 Å². The lowest BCUT2D eigenvalue weighted by molar-refractivity contribution is 0.414. The highest BCUT2D eigenvalue weighted by Gasteiger charge is 1.96. The minimum Gasteiger partial charge on any atom is -0.497 e. The normalized spacial score (nSPS) is 10.4. The van der Waals surface area contributed by atoms with Crippen LogP contribution in [0.2, 0.25) is 0 Å². The van der Waals surface area contributed by atoms with Crippen LogP contribution in [0.4, 0.5) is 5.69 Å². The van der Waals surface area contributed by atoms with Gasteiger partial charge >= 0.3 is 0 Å². The summed E-state index contributed by atoms with van der Waals surface area (Å²) in [7, 11) is 1.69. The monoisotopic (exact) mass is 270 g/mol. The molecular formula is C17H22N2O. The van der Waals surface area contributed by atoms with E-state index >= 15 is 0 Å². The minimum atomic E-state index is 0.834. The molecule has 3 nitrogen and oxygen atoms in total. The highest BCUT2D eigenvalue weighted by Crippen LogP contribution is 2.11. The van der Waals surface area contributed by atoms with Crippen molar-refractivity contribution in [2.45, 2.75) is 12.8 Å². The number of methoxy groups -OCH3 is 1. The number of nitrogens with one attached hydrogen (secondary N) is 1. The Balaban J connectivity index is 1.66. The molecule has 3 N–H and O–H groups in total. The molecule has 0 aromatic heterocycles. The molecule has 2 aromatic rings. The third-order valence-corrected chi connectivity index (χ3v) is 3.29. The van der Waals surface area contributed by atoms with Crippen molar-refractivity contribution < 1.29 is 4.74 Å². The maximum atomic E-state index is 5.76. The number of nitrogen functional groups attached to an aromatic ring is 1. The predicted molar refractivity (Wildman–Crippen MR) is 84.1 cm³/mol. The van der Waals surface area contributed by atoms with Gasteiger partial charge in [0.2, 0.25) is 0 Å². The van der Waals surface area contributed by atoms with Gasteiger partial charge in [0.25, 0.3) is 0 Å². The van der Waals surface area contributed by atoms with E-state index in [0.717, 1.165) is 37.4 Å². The fraction of sp³-hybridized carbons (Fsp3) is 0.294. The maximum absolute atomic E-state index is 5.76.